The summed E-state index contributed by atoms with van der Waals surface area (Å²) >= 11 is 5.70. The summed E-state index contributed by atoms with van der Waals surface area (Å²) in [6, 6.07) is 0.424. The van der Waals surface area contributed by atoms with Crippen LogP contribution < -0.4 is 4.90 Å². The SMILES string of the molecule is O=C1C(=O)C(C(=O)O)N(C2CC2)c2cc(Cl)c(F)cc21. The standard InChI is InChI=1S/C13H9ClFNO4/c14-7-4-9-6(3-8(7)15)11(17)12(18)10(13(19)20)16(9)5-1-2-5/h3-5,10H,1-2H2,(H,19,20). The molecule has 1 aliphatic heterocycles. The summed E-state index contributed by atoms with van der Waals surface area (Å²) in [5, 5.41) is 8.99. The molecule has 1 saturated carbocycles. The van der Waals surface area contributed by atoms with Gasteiger partial charge in [0.25, 0.3) is 0 Å². The molecule has 2 aliphatic rings. The number of halogens is 2. The molecule has 1 atom stereocenters. The molecule has 5 nitrogen and oxygen atoms in total. The lowest BCUT2D eigenvalue weighted by molar-refractivity contribution is -0.141. The first-order valence-electron chi connectivity index (χ1n) is 6.00. The van der Waals surface area contributed by atoms with Gasteiger partial charge in [-0.2, -0.15) is 0 Å². The van der Waals surface area contributed by atoms with E-state index >= 15 is 0 Å². The summed E-state index contributed by atoms with van der Waals surface area (Å²) in [5.41, 5.74) is 0.0946. The lowest BCUT2D eigenvalue weighted by Gasteiger charge is -2.34. The largest absolute Gasteiger partial charge is 0.479 e. The number of nitrogens with zero attached hydrogens (tertiary/aromatic N) is 1. The first-order valence-corrected chi connectivity index (χ1v) is 6.38. The van der Waals surface area contributed by atoms with Crippen LogP contribution in [0.2, 0.25) is 5.02 Å². The maximum atomic E-state index is 13.5. The van der Waals surface area contributed by atoms with Gasteiger partial charge in [0.15, 0.2) is 6.04 Å². The highest BCUT2D eigenvalue weighted by Crippen LogP contribution is 2.40. The molecule has 0 saturated heterocycles. The number of carbonyl (C=O) groups is 3. The van der Waals surface area contributed by atoms with Crippen LogP contribution in [0, 0.1) is 5.82 Å². The zero-order chi connectivity index (χ0) is 14.6. The predicted molar refractivity (Wildman–Crippen MR) is 67.7 cm³/mol. The molecule has 104 valence electrons. The summed E-state index contributed by atoms with van der Waals surface area (Å²) in [4.78, 5) is 36.5. The molecule has 1 unspecified atom stereocenters. The van der Waals surface area contributed by atoms with Gasteiger partial charge in [-0.3, -0.25) is 9.59 Å². The number of carboxylic acids is 1. The maximum absolute atomic E-state index is 13.5. The molecule has 1 aliphatic carbocycles. The molecule has 7 heteroatoms. The minimum atomic E-state index is -1.55. The van der Waals surface area contributed by atoms with E-state index in [2.05, 4.69) is 0 Å². The number of ketones is 2. The molecule has 0 spiro atoms. The molecule has 1 aromatic carbocycles. The smallest absolute Gasteiger partial charge is 0.334 e. The van der Waals surface area contributed by atoms with Crippen molar-refractivity contribution in [2.75, 3.05) is 4.90 Å². The molecule has 0 bridgehead atoms. The molecule has 1 fully saturated rings. The molecule has 1 aromatic rings. The van der Waals surface area contributed by atoms with Crippen LogP contribution in [0.25, 0.3) is 0 Å². The van der Waals surface area contributed by atoms with E-state index in [9.17, 15) is 23.9 Å². The van der Waals surface area contributed by atoms with Crippen molar-refractivity contribution in [3.05, 3.63) is 28.5 Å². The fourth-order valence-corrected chi connectivity index (χ4v) is 2.60. The van der Waals surface area contributed by atoms with Crippen molar-refractivity contribution in [3.63, 3.8) is 0 Å². The third-order valence-corrected chi connectivity index (χ3v) is 3.78. The Labute approximate surface area is 117 Å². The number of aliphatic carboxylic acids is 1. The Morgan fingerprint density at radius 1 is 1.35 bits per heavy atom. The third-order valence-electron chi connectivity index (χ3n) is 3.49. The average molecular weight is 298 g/mol. The molecule has 0 amide bonds. The Morgan fingerprint density at radius 3 is 2.55 bits per heavy atom. The molecule has 3 rings (SSSR count). The van der Waals surface area contributed by atoms with Crippen LogP contribution >= 0.6 is 11.6 Å². The van der Waals surface area contributed by atoms with Gasteiger partial charge in [0, 0.05) is 6.04 Å². The number of anilines is 1. The van der Waals surface area contributed by atoms with Crippen LogP contribution in [0.1, 0.15) is 23.2 Å². The molecular formula is C13H9ClFNO4. The van der Waals surface area contributed by atoms with Gasteiger partial charge in [0.2, 0.25) is 11.6 Å². The van der Waals surface area contributed by atoms with E-state index in [0.29, 0.717) is 0 Å². The first-order chi connectivity index (χ1) is 9.41. The van der Waals surface area contributed by atoms with Gasteiger partial charge in [0.05, 0.1) is 16.3 Å². The first kappa shape index (κ1) is 13.1. The van der Waals surface area contributed by atoms with Crippen molar-refractivity contribution >= 4 is 34.8 Å². The summed E-state index contributed by atoms with van der Waals surface area (Å²) in [6.45, 7) is 0. The highest BCUT2D eigenvalue weighted by Gasteiger charge is 2.49. The van der Waals surface area contributed by atoms with Crippen LogP contribution in [-0.4, -0.2) is 34.7 Å². The van der Waals surface area contributed by atoms with Crippen molar-refractivity contribution < 1.29 is 23.9 Å². The Bertz CT molecular complexity index is 656. The van der Waals surface area contributed by atoms with E-state index in [1.807, 2.05) is 0 Å². The van der Waals surface area contributed by atoms with E-state index in [-0.39, 0.29) is 22.3 Å². The van der Waals surface area contributed by atoms with Gasteiger partial charge in [-0.05, 0) is 25.0 Å². The van der Waals surface area contributed by atoms with Gasteiger partial charge < -0.3 is 10.0 Å². The molecule has 1 heterocycles. The summed E-state index contributed by atoms with van der Waals surface area (Å²) in [6.07, 6.45) is 1.44. The van der Waals surface area contributed by atoms with Crippen molar-refractivity contribution in [1.29, 1.82) is 0 Å². The van der Waals surface area contributed by atoms with E-state index in [0.717, 1.165) is 18.9 Å². The van der Waals surface area contributed by atoms with Crippen molar-refractivity contribution in [2.24, 2.45) is 0 Å². The number of carboxylic acid groups (broad SMARTS) is 1. The average Bonchev–Trinajstić information content (AvgIpc) is 3.19. The second-order valence-electron chi connectivity index (χ2n) is 4.86. The highest BCUT2D eigenvalue weighted by atomic mass is 35.5. The van der Waals surface area contributed by atoms with E-state index in [1.54, 1.807) is 0 Å². The van der Waals surface area contributed by atoms with Gasteiger partial charge >= 0.3 is 5.97 Å². The summed E-state index contributed by atoms with van der Waals surface area (Å²) < 4.78 is 13.5. The quantitative estimate of drug-likeness (QED) is 0.664. The van der Waals surface area contributed by atoms with Gasteiger partial charge in [0.1, 0.15) is 5.82 Å². The minimum Gasteiger partial charge on any atom is -0.479 e. The van der Waals surface area contributed by atoms with Crippen LogP contribution in [0.3, 0.4) is 0 Å². The van der Waals surface area contributed by atoms with Gasteiger partial charge in [-0.25, -0.2) is 9.18 Å². The van der Waals surface area contributed by atoms with Gasteiger partial charge in [-0.15, -0.1) is 0 Å². The molecule has 20 heavy (non-hydrogen) atoms. The fraction of sp³-hybridized carbons (Fsp3) is 0.308. The van der Waals surface area contributed by atoms with Crippen molar-refractivity contribution in [3.8, 4) is 0 Å². The Balaban J connectivity index is 2.23. The predicted octanol–water partition coefficient (Wildman–Crippen LogP) is 1.67. The summed E-state index contributed by atoms with van der Waals surface area (Å²) in [5.74, 6) is -4.23. The number of hydrogen-bond donors (Lipinski definition) is 1. The van der Waals surface area contributed by atoms with Gasteiger partial charge in [-0.1, -0.05) is 11.6 Å². The molecule has 0 aromatic heterocycles. The van der Waals surface area contributed by atoms with Crippen LogP contribution in [0.5, 0.6) is 0 Å². The topological polar surface area (TPSA) is 74.7 Å². The summed E-state index contributed by atoms with van der Waals surface area (Å²) in [7, 11) is 0. The number of fused-ring (bicyclic) bond motifs is 1. The number of Topliss-reactive ketones (excluding diaryl/α,β-unsaturated/α-hetero) is 2. The molecule has 1 N–H and O–H groups in total. The number of benzene rings is 1. The number of hydrogen-bond acceptors (Lipinski definition) is 4. The monoisotopic (exact) mass is 297 g/mol. The lowest BCUT2D eigenvalue weighted by atomic mass is 9.93. The highest BCUT2D eigenvalue weighted by molar-refractivity contribution is 6.51. The second-order valence-corrected chi connectivity index (χ2v) is 5.26. The Hall–Kier alpha value is -1.95. The number of rotatable bonds is 2. The zero-order valence-corrected chi connectivity index (χ0v) is 10.9. The molecular weight excluding hydrogens is 289 g/mol. The lowest BCUT2D eigenvalue weighted by Crippen LogP contribution is -2.54. The van der Waals surface area contributed by atoms with Crippen molar-refractivity contribution in [2.45, 2.75) is 24.9 Å². The Kier molecular flexibility index (Phi) is 2.79. The third kappa shape index (κ3) is 1.79. The van der Waals surface area contributed by atoms with Crippen LogP contribution in [0.4, 0.5) is 10.1 Å². The Morgan fingerprint density at radius 2 is 2.00 bits per heavy atom. The minimum absolute atomic E-state index is 0.124. The van der Waals surface area contributed by atoms with E-state index < -0.39 is 29.4 Å². The van der Waals surface area contributed by atoms with Crippen molar-refractivity contribution in [1.82, 2.24) is 0 Å². The maximum Gasteiger partial charge on any atom is 0.334 e. The number of carbonyl (C=O) groups excluding carboxylic acids is 2. The second kappa shape index (κ2) is 4.28. The van der Waals surface area contributed by atoms with E-state index in [4.69, 9.17) is 11.6 Å². The fourth-order valence-electron chi connectivity index (χ4n) is 2.45. The molecule has 0 radical (unpaired) electrons. The van der Waals surface area contributed by atoms with Crippen LogP contribution in [-0.2, 0) is 9.59 Å². The zero-order valence-electron chi connectivity index (χ0n) is 10.1. The van der Waals surface area contributed by atoms with Crippen LogP contribution in [0.15, 0.2) is 12.1 Å². The van der Waals surface area contributed by atoms with E-state index in [1.165, 1.54) is 11.0 Å². The normalized spacial score (nSPS) is 21.9.